The highest BCUT2D eigenvalue weighted by Crippen LogP contribution is 2.13. The van der Waals surface area contributed by atoms with Gasteiger partial charge >= 0.3 is 0 Å². The molecule has 1 fully saturated rings. The second-order valence-electron chi connectivity index (χ2n) is 4.99. The van der Waals surface area contributed by atoms with Crippen LogP contribution in [0.15, 0.2) is 23.4 Å². The molecule has 4 N–H and O–H groups in total. The van der Waals surface area contributed by atoms with E-state index in [1.54, 1.807) is 0 Å². The number of amidine groups is 1. The lowest BCUT2D eigenvalue weighted by molar-refractivity contribution is 0.185. The normalized spacial score (nSPS) is 19.8. The lowest BCUT2D eigenvalue weighted by atomic mass is 10.0. The van der Waals surface area contributed by atoms with Crippen molar-refractivity contribution in [3.63, 3.8) is 0 Å². The molecule has 5 nitrogen and oxygen atoms in total. The molecule has 0 bridgehead atoms. The Morgan fingerprint density at radius 2 is 2.42 bits per heavy atom. The number of nitrogens with two attached hydrogens (primary N) is 1. The maximum absolute atomic E-state index is 8.65. The van der Waals surface area contributed by atoms with Crippen LogP contribution in [0.3, 0.4) is 0 Å². The van der Waals surface area contributed by atoms with Crippen LogP contribution >= 0.6 is 0 Å². The highest BCUT2D eigenvalue weighted by Gasteiger charge is 2.14. The first-order valence-electron chi connectivity index (χ1n) is 6.56. The van der Waals surface area contributed by atoms with Crippen LogP contribution in [0.2, 0.25) is 0 Å². The van der Waals surface area contributed by atoms with Crippen LogP contribution in [-0.2, 0) is 11.3 Å². The first kappa shape index (κ1) is 13.8. The molecule has 19 heavy (non-hydrogen) atoms. The number of oxime groups is 1. The molecule has 1 aliphatic rings. The number of benzene rings is 1. The Balaban J connectivity index is 1.89. The van der Waals surface area contributed by atoms with Crippen LogP contribution in [0.1, 0.15) is 23.1 Å². The highest BCUT2D eigenvalue weighted by atomic mass is 16.5. The quantitative estimate of drug-likeness (QED) is 0.323. The average Bonchev–Trinajstić information content (AvgIpc) is 2.93. The van der Waals surface area contributed by atoms with Crippen molar-refractivity contribution in [1.82, 2.24) is 5.32 Å². The zero-order valence-corrected chi connectivity index (χ0v) is 11.2. The molecule has 2 rings (SSSR count). The second-order valence-corrected chi connectivity index (χ2v) is 4.99. The van der Waals surface area contributed by atoms with E-state index in [0.29, 0.717) is 5.92 Å². The topological polar surface area (TPSA) is 79.9 Å². The van der Waals surface area contributed by atoms with Gasteiger partial charge in [-0.15, -0.1) is 0 Å². The maximum Gasteiger partial charge on any atom is 0.170 e. The monoisotopic (exact) mass is 263 g/mol. The zero-order valence-electron chi connectivity index (χ0n) is 11.2. The van der Waals surface area contributed by atoms with E-state index in [9.17, 15) is 0 Å². The molecule has 5 heteroatoms. The van der Waals surface area contributed by atoms with E-state index in [1.807, 2.05) is 25.1 Å². The largest absolute Gasteiger partial charge is 0.409 e. The molecular weight excluding hydrogens is 242 g/mol. The third-order valence-corrected chi connectivity index (χ3v) is 3.52. The molecule has 0 saturated carbocycles. The van der Waals surface area contributed by atoms with Gasteiger partial charge in [0, 0.05) is 25.3 Å². The van der Waals surface area contributed by atoms with E-state index in [-0.39, 0.29) is 5.84 Å². The number of aryl methyl sites for hydroxylation is 1. The Kier molecular flexibility index (Phi) is 4.76. The van der Waals surface area contributed by atoms with Gasteiger partial charge in [0.25, 0.3) is 0 Å². The molecule has 1 aliphatic heterocycles. The van der Waals surface area contributed by atoms with Crippen molar-refractivity contribution in [3.8, 4) is 0 Å². The van der Waals surface area contributed by atoms with Gasteiger partial charge in [-0.2, -0.15) is 0 Å². The van der Waals surface area contributed by atoms with Gasteiger partial charge in [0.15, 0.2) is 5.84 Å². The number of ether oxygens (including phenoxy) is 1. The van der Waals surface area contributed by atoms with Crippen molar-refractivity contribution >= 4 is 5.84 Å². The Labute approximate surface area is 113 Å². The lowest BCUT2D eigenvalue weighted by Gasteiger charge is -2.12. The number of hydrogen-bond donors (Lipinski definition) is 3. The first-order chi connectivity index (χ1) is 9.20. The smallest absolute Gasteiger partial charge is 0.170 e. The average molecular weight is 263 g/mol. The van der Waals surface area contributed by atoms with Gasteiger partial charge in [-0.3, -0.25) is 0 Å². The van der Waals surface area contributed by atoms with E-state index in [1.165, 1.54) is 5.56 Å². The van der Waals surface area contributed by atoms with Crippen LogP contribution in [0.4, 0.5) is 0 Å². The predicted octanol–water partition coefficient (Wildman–Crippen LogP) is 1.22. The van der Waals surface area contributed by atoms with Crippen molar-refractivity contribution in [1.29, 1.82) is 0 Å². The summed E-state index contributed by atoms with van der Waals surface area (Å²) in [4.78, 5) is 0. The molecule has 0 aromatic heterocycles. The van der Waals surface area contributed by atoms with E-state index in [4.69, 9.17) is 15.7 Å². The van der Waals surface area contributed by atoms with Crippen LogP contribution < -0.4 is 11.1 Å². The molecule has 1 saturated heterocycles. The van der Waals surface area contributed by atoms with Crippen LogP contribution in [-0.4, -0.2) is 30.8 Å². The van der Waals surface area contributed by atoms with Crippen molar-refractivity contribution in [3.05, 3.63) is 34.9 Å². The van der Waals surface area contributed by atoms with Gasteiger partial charge in [-0.25, -0.2) is 0 Å². The Morgan fingerprint density at radius 1 is 1.58 bits per heavy atom. The third-order valence-electron chi connectivity index (χ3n) is 3.52. The van der Waals surface area contributed by atoms with Crippen molar-refractivity contribution < 1.29 is 9.94 Å². The predicted molar refractivity (Wildman–Crippen MR) is 74.3 cm³/mol. The van der Waals surface area contributed by atoms with Crippen molar-refractivity contribution in [2.75, 3.05) is 19.8 Å². The number of nitrogens with zero attached hydrogens (tertiary/aromatic N) is 1. The number of hydrogen-bond acceptors (Lipinski definition) is 4. The molecule has 1 aromatic carbocycles. The molecule has 0 spiro atoms. The molecule has 0 aliphatic carbocycles. The second kappa shape index (κ2) is 6.54. The molecular formula is C14H21N3O2. The fourth-order valence-corrected chi connectivity index (χ4v) is 2.27. The van der Waals surface area contributed by atoms with Gasteiger partial charge in [0.2, 0.25) is 0 Å². The summed E-state index contributed by atoms with van der Waals surface area (Å²) >= 11 is 0. The molecule has 0 radical (unpaired) electrons. The van der Waals surface area contributed by atoms with Gasteiger partial charge in [0.05, 0.1) is 6.61 Å². The minimum absolute atomic E-state index is 0.144. The maximum atomic E-state index is 8.65. The highest BCUT2D eigenvalue weighted by molar-refractivity contribution is 5.97. The summed E-state index contributed by atoms with van der Waals surface area (Å²) in [5, 5.41) is 15.1. The van der Waals surface area contributed by atoms with E-state index >= 15 is 0 Å². The Hall–Kier alpha value is -1.59. The van der Waals surface area contributed by atoms with E-state index in [0.717, 1.165) is 43.9 Å². The number of rotatable bonds is 5. The number of nitrogens with one attached hydrogen (secondary N) is 1. The Morgan fingerprint density at radius 3 is 3.05 bits per heavy atom. The first-order valence-corrected chi connectivity index (χ1v) is 6.56. The van der Waals surface area contributed by atoms with Crippen molar-refractivity contribution in [2.24, 2.45) is 16.8 Å². The summed E-state index contributed by atoms with van der Waals surface area (Å²) in [6.07, 6.45) is 1.15. The SMILES string of the molecule is Cc1cc(/C(N)=N/O)ccc1CNCC1CCOC1. The molecule has 0 amide bonds. The Bertz CT molecular complexity index is 454. The van der Waals surface area contributed by atoms with Crippen LogP contribution in [0, 0.1) is 12.8 Å². The summed E-state index contributed by atoms with van der Waals surface area (Å²) in [7, 11) is 0. The van der Waals surface area contributed by atoms with Gasteiger partial charge in [0.1, 0.15) is 0 Å². The van der Waals surface area contributed by atoms with E-state index in [2.05, 4.69) is 10.5 Å². The van der Waals surface area contributed by atoms with E-state index < -0.39 is 0 Å². The summed E-state index contributed by atoms with van der Waals surface area (Å²) in [6, 6.07) is 5.82. The summed E-state index contributed by atoms with van der Waals surface area (Å²) in [6.45, 7) is 5.61. The molecule has 1 aromatic rings. The lowest BCUT2D eigenvalue weighted by Crippen LogP contribution is -2.23. The van der Waals surface area contributed by atoms with Gasteiger partial charge < -0.3 is 21.0 Å². The minimum atomic E-state index is 0.144. The summed E-state index contributed by atoms with van der Waals surface area (Å²) in [5.74, 6) is 0.780. The standard InChI is InChI=1S/C14H21N3O2/c1-10-6-12(14(15)17-18)2-3-13(10)8-16-7-11-4-5-19-9-11/h2-3,6,11,16,18H,4-5,7-9H2,1H3,(H2,15,17). The van der Waals surface area contributed by atoms with Crippen LogP contribution in [0.25, 0.3) is 0 Å². The van der Waals surface area contributed by atoms with Crippen LogP contribution in [0.5, 0.6) is 0 Å². The molecule has 1 unspecified atom stereocenters. The fourth-order valence-electron chi connectivity index (χ4n) is 2.27. The van der Waals surface area contributed by atoms with Gasteiger partial charge in [-0.1, -0.05) is 17.3 Å². The minimum Gasteiger partial charge on any atom is -0.409 e. The fraction of sp³-hybridized carbons (Fsp3) is 0.500. The zero-order chi connectivity index (χ0) is 13.7. The molecule has 1 heterocycles. The molecule has 104 valence electrons. The van der Waals surface area contributed by atoms with Gasteiger partial charge in [-0.05, 0) is 36.5 Å². The molecule has 1 atom stereocenters. The van der Waals surface area contributed by atoms with Crippen molar-refractivity contribution in [2.45, 2.75) is 19.9 Å². The summed E-state index contributed by atoms with van der Waals surface area (Å²) < 4.78 is 5.35. The summed E-state index contributed by atoms with van der Waals surface area (Å²) in [5.41, 5.74) is 8.68. The third kappa shape index (κ3) is 3.68.